The fraction of sp³-hybridized carbons (Fsp3) is 0.531. The van der Waals surface area contributed by atoms with E-state index < -0.39 is 52.4 Å². The van der Waals surface area contributed by atoms with Gasteiger partial charge in [-0.05, 0) is 58.4 Å². The summed E-state index contributed by atoms with van der Waals surface area (Å²) in [6, 6.07) is 0.838. The van der Waals surface area contributed by atoms with E-state index in [4.69, 9.17) is 35.5 Å². The van der Waals surface area contributed by atoms with Crippen LogP contribution in [0.5, 0.6) is 0 Å². The van der Waals surface area contributed by atoms with Crippen molar-refractivity contribution in [1.29, 1.82) is 0 Å². The maximum absolute atomic E-state index is 14.7. The number of halogens is 3. The first-order chi connectivity index (χ1) is 22.2. The average molecular weight is 697 g/mol. The molecule has 15 heteroatoms. The summed E-state index contributed by atoms with van der Waals surface area (Å²) in [5, 5.41) is 5.09. The van der Waals surface area contributed by atoms with E-state index in [0.717, 1.165) is 6.07 Å². The molecule has 2 aromatic rings. The molecule has 11 nitrogen and oxygen atoms in total. The number of nitrogens with one attached hydrogen (secondary N) is 1. The molecule has 1 saturated carbocycles. The van der Waals surface area contributed by atoms with Crippen LogP contribution in [0, 0.1) is 17.6 Å². The topological polar surface area (TPSA) is 129 Å². The molecular weight excluding hydrogens is 658 g/mol. The number of benzene rings is 1. The van der Waals surface area contributed by atoms with Gasteiger partial charge in [-0.25, -0.2) is 23.4 Å². The predicted molar refractivity (Wildman–Crippen MR) is 171 cm³/mol. The molecule has 0 bridgehead atoms. The van der Waals surface area contributed by atoms with E-state index in [2.05, 4.69) is 10.3 Å². The molecule has 1 N–H and O–H groups in total. The second-order valence-electron chi connectivity index (χ2n) is 12.3. The molecule has 2 heterocycles. The fourth-order valence-corrected chi connectivity index (χ4v) is 6.63. The highest BCUT2D eigenvalue weighted by atomic mass is 35.5. The molecule has 0 saturated heterocycles. The maximum Gasteiger partial charge on any atom is 0.410 e. The van der Waals surface area contributed by atoms with Gasteiger partial charge in [0.05, 0.1) is 30.9 Å². The number of ether oxygens (including phenoxy) is 4. The molecule has 1 aromatic carbocycles. The SMILES string of the molecule is COC[C@H](CN(C(=O)OC(C)(C)C)C1CCC(C2=C(C(=O)OC)C(c3ccc(F)c(F)c3Cl)N=C(c3nccs3)N2)CC1)OC(C)=O. The van der Waals surface area contributed by atoms with E-state index >= 15 is 0 Å². The third-order valence-electron chi connectivity index (χ3n) is 7.73. The Bertz CT molecular complexity index is 1520. The lowest BCUT2D eigenvalue weighted by Crippen LogP contribution is -2.50. The molecule has 1 aliphatic carbocycles. The van der Waals surface area contributed by atoms with Crippen molar-refractivity contribution in [2.45, 2.75) is 77.2 Å². The van der Waals surface area contributed by atoms with Gasteiger partial charge in [-0.15, -0.1) is 11.3 Å². The molecule has 1 aromatic heterocycles. The van der Waals surface area contributed by atoms with Crippen molar-refractivity contribution < 1.29 is 42.1 Å². The first kappa shape index (κ1) is 36.2. The molecular formula is C32H39ClF2N4O7S. The summed E-state index contributed by atoms with van der Waals surface area (Å²) in [5.41, 5.74) is -0.0533. The monoisotopic (exact) mass is 696 g/mol. The lowest BCUT2D eigenvalue weighted by molar-refractivity contribution is -0.150. The minimum Gasteiger partial charge on any atom is -0.466 e. The van der Waals surface area contributed by atoms with Gasteiger partial charge in [-0.3, -0.25) is 9.79 Å². The van der Waals surface area contributed by atoms with Gasteiger partial charge in [0.1, 0.15) is 17.7 Å². The van der Waals surface area contributed by atoms with Crippen LogP contribution in [0.25, 0.3) is 0 Å². The van der Waals surface area contributed by atoms with Gasteiger partial charge in [0.25, 0.3) is 0 Å². The minimum atomic E-state index is -1.25. The first-order valence-electron chi connectivity index (χ1n) is 15.1. The molecule has 4 rings (SSSR count). The van der Waals surface area contributed by atoms with Gasteiger partial charge in [0, 0.05) is 42.9 Å². The summed E-state index contributed by atoms with van der Waals surface area (Å²) in [6.07, 6.45) is 2.37. The van der Waals surface area contributed by atoms with E-state index in [1.807, 2.05) is 0 Å². The number of amides is 1. The smallest absolute Gasteiger partial charge is 0.410 e. The number of allylic oxidation sites excluding steroid dienone is 1. The van der Waals surface area contributed by atoms with E-state index in [-0.39, 0.29) is 36.2 Å². The van der Waals surface area contributed by atoms with Gasteiger partial charge >= 0.3 is 18.0 Å². The Balaban J connectivity index is 1.69. The Hall–Kier alpha value is -3.62. The second kappa shape index (κ2) is 15.5. The van der Waals surface area contributed by atoms with Crippen LogP contribution in [-0.2, 0) is 28.5 Å². The van der Waals surface area contributed by atoms with Crippen molar-refractivity contribution in [3.05, 3.63) is 62.2 Å². The molecule has 2 atom stereocenters. The number of hydrogen-bond donors (Lipinski definition) is 1. The van der Waals surface area contributed by atoms with Crippen molar-refractivity contribution in [2.24, 2.45) is 10.9 Å². The number of thiazole rings is 1. The number of aromatic nitrogens is 1. The molecule has 47 heavy (non-hydrogen) atoms. The lowest BCUT2D eigenvalue weighted by Gasteiger charge is -2.40. The summed E-state index contributed by atoms with van der Waals surface area (Å²) in [6.45, 7) is 6.74. The predicted octanol–water partition coefficient (Wildman–Crippen LogP) is 5.97. The standard InChI is InChI=1S/C32H39ClF2N4O7S/c1-17(40)45-20(16-43-5)15-39(31(42)46-32(2,3)4)19-9-7-18(8-10-19)26-23(30(41)44-6)27(21-11-12-22(34)25(35)24(21)33)38-28(37-26)29-36-13-14-47-29/h11-14,18-20,27H,7-10,15-16H2,1-6H3,(H,37,38)/t18?,19?,20-,27?/m0/s1. The number of aliphatic imine (C=N–C) groups is 1. The van der Waals surface area contributed by atoms with E-state index in [0.29, 0.717) is 42.2 Å². The second-order valence-corrected chi connectivity index (χ2v) is 13.5. The molecule has 1 aliphatic heterocycles. The largest absolute Gasteiger partial charge is 0.466 e. The zero-order valence-electron chi connectivity index (χ0n) is 27.1. The van der Waals surface area contributed by atoms with Crippen LogP contribution in [-0.4, -0.2) is 78.9 Å². The van der Waals surface area contributed by atoms with Gasteiger partial charge in [0.15, 0.2) is 22.5 Å². The minimum absolute atomic E-state index is 0.0591. The average Bonchev–Trinajstić information content (AvgIpc) is 3.56. The van der Waals surface area contributed by atoms with E-state index in [9.17, 15) is 23.2 Å². The number of rotatable bonds is 10. The third kappa shape index (κ3) is 8.85. The van der Waals surface area contributed by atoms with Crippen molar-refractivity contribution in [2.75, 3.05) is 27.4 Å². The number of nitrogens with zero attached hydrogens (tertiary/aromatic N) is 3. The summed E-state index contributed by atoms with van der Waals surface area (Å²) in [4.78, 5) is 49.3. The van der Waals surface area contributed by atoms with Crippen LogP contribution in [0.2, 0.25) is 5.02 Å². The summed E-state index contributed by atoms with van der Waals surface area (Å²) in [5.74, 6) is -3.49. The molecule has 0 radical (unpaired) electrons. The molecule has 256 valence electrons. The molecule has 1 amide bonds. The normalized spacial score (nSPS) is 20.5. The van der Waals surface area contributed by atoms with Crippen LogP contribution in [0.15, 0.2) is 40.0 Å². The fourth-order valence-electron chi connectivity index (χ4n) is 5.78. The maximum atomic E-state index is 14.7. The van der Waals surface area contributed by atoms with Crippen molar-refractivity contribution in [1.82, 2.24) is 15.2 Å². The number of carbonyl (C=O) groups is 3. The Kier molecular flexibility index (Phi) is 12.0. The van der Waals surface area contributed by atoms with Gasteiger partial charge in [-0.1, -0.05) is 17.7 Å². The van der Waals surface area contributed by atoms with Crippen molar-refractivity contribution in [3.63, 3.8) is 0 Å². The summed E-state index contributed by atoms with van der Waals surface area (Å²) < 4.78 is 50.3. The number of carbonyl (C=O) groups excluding carboxylic acids is 3. The third-order valence-corrected chi connectivity index (χ3v) is 8.90. The quantitative estimate of drug-likeness (QED) is 0.182. The highest BCUT2D eigenvalue weighted by molar-refractivity contribution is 7.11. The molecule has 1 unspecified atom stereocenters. The molecule has 0 spiro atoms. The Labute approximate surface area is 281 Å². The highest BCUT2D eigenvalue weighted by Crippen LogP contribution is 2.42. The van der Waals surface area contributed by atoms with Crippen molar-refractivity contribution >= 4 is 46.8 Å². The Morgan fingerprint density at radius 2 is 1.85 bits per heavy atom. The van der Waals surface area contributed by atoms with Crippen LogP contribution in [0.4, 0.5) is 13.6 Å². The van der Waals surface area contributed by atoms with E-state index in [1.165, 1.54) is 38.5 Å². The van der Waals surface area contributed by atoms with Crippen LogP contribution >= 0.6 is 22.9 Å². The van der Waals surface area contributed by atoms with Crippen LogP contribution in [0.1, 0.15) is 70.0 Å². The van der Waals surface area contributed by atoms with Crippen LogP contribution < -0.4 is 5.32 Å². The summed E-state index contributed by atoms with van der Waals surface area (Å²) in [7, 11) is 2.71. The molecule has 2 aliphatic rings. The number of methoxy groups -OCH3 is 2. The Morgan fingerprint density at radius 3 is 2.43 bits per heavy atom. The Morgan fingerprint density at radius 1 is 1.15 bits per heavy atom. The van der Waals surface area contributed by atoms with Crippen molar-refractivity contribution in [3.8, 4) is 0 Å². The van der Waals surface area contributed by atoms with Gasteiger partial charge < -0.3 is 29.2 Å². The zero-order chi connectivity index (χ0) is 34.5. The highest BCUT2D eigenvalue weighted by Gasteiger charge is 2.40. The number of amidine groups is 1. The van der Waals surface area contributed by atoms with Gasteiger partial charge in [0.2, 0.25) is 0 Å². The van der Waals surface area contributed by atoms with Gasteiger partial charge in [-0.2, -0.15) is 0 Å². The van der Waals surface area contributed by atoms with E-state index in [1.54, 1.807) is 37.2 Å². The number of esters is 2. The lowest BCUT2D eigenvalue weighted by atomic mass is 9.80. The summed E-state index contributed by atoms with van der Waals surface area (Å²) >= 11 is 7.61. The zero-order valence-corrected chi connectivity index (χ0v) is 28.7. The van der Waals surface area contributed by atoms with Crippen LogP contribution in [0.3, 0.4) is 0 Å². The molecule has 1 fully saturated rings. The first-order valence-corrected chi connectivity index (χ1v) is 16.4. The number of hydrogen-bond acceptors (Lipinski definition) is 11.